The van der Waals surface area contributed by atoms with Crippen molar-refractivity contribution < 1.29 is 9.53 Å². The minimum atomic E-state index is -0.218. The second-order valence-corrected chi connectivity index (χ2v) is 8.09. The zero-order valence-electron chi connectivity index (χ0n) is 16.6. The maximum Gasteiger partial charge on any atom is 0.225 e. The molecule has 1 atom stereocenters. The largest absolute Gasteiger partial charge is 0.497 e. The van der Waals surface area contributed by atoms with Crippen molar-refractivity contribution in [1.82, 2.24) is 10.3 Å². The fraction of sp³-hybridized carbons (Fsp3) is 0.375. The van der Waals surface area contributed by atoms with Crippen LogP contribution in [0.1, 0.15) is 49.7 Å². The van der Waals surface area contributed by atoms with Gasteiger partial charge in [0, 0.05) is 35.0 Å². The normalized spacial score (nSPS) is 16.8. The van der Waals surface area contributed by atoms with Crippen molar-refractivity contribution in [2.75, 3.05) is 13.7 Å². The highest BCUT2D eigenvalue weighted by molar-refractivity contribution is 5.85. The first kappa shape index (κ1) is 18.6. The molecule has 0 radical (unpaired) electrons. The first-order valence-corrected chi connectivity index (χ1v) is 10.1. The summed E-state index contributed by atoms with van der Waals surface area (Å²) in [6.45, 7) is 2.69. The van der Waals surface area contributed by atoms with Crippen LogP contribution in [0, 0.1) is 5.41 Å². The number of carbonyl (C=O) groups is 1. The predicted molar refractivity (Wildman–Crippen MR) is 113 cm³/mol. The van der Waals surface area contributed by atoms with E-state index >= 15 is 0 Å². The van der Waals surface area contributed by atoms with Gasteiger partial charge in [0.1, 0.15) is 5.75 Å². The summed E-state index contributed by atoms with van der Waals surface area (Å²) in [7, 11) is 1.68. The zero-order chi connectivity index (χ0) is 19.6. The second-order valence-electron chi connectivity index (χ2n) is 8.09. The number of para-hydroxylation sites is 1. The van der Waals surface area contributed by atoms with Gasteiger partial charge in [-0.15, -0.1) is 0 Å². The van der Waals surface area contributed by atoms with Gasteiger partial charge >= 0.3 is 0 Å². The molecule has 0 saturated heterocycles. The average Bonchev–Trinajstić information content (AvgIpc) is 3.36. The Labute approximate surface area is 166 Å². The van der Waals surface area contributed by atoms with E-state index in [-0.39, 0.29) is 17.2 Å². The van der Waals surface area contributed by atoms with Gasteiger partial charge in [-0.1, -0.05) is 50.1 Å². The summed E-state index contributed by atoms with van der Waals surface area (Å²) in [4.78, 5) is 16.3. The van der Waals surface area contributed by atoms with E-state index < -0.39 is 0 Å². The van der Waals surface area contributed by atoms with E-state index in [0.717, 1.165) is 36.9 Å². The summed E-state index contributed by atoms with van der Waals surface area (Å²) >= 11 is 0. The minimum Gasteiger partial charge on any atom is -0.497 e. The smallest absolute Gasteiger partial charge is 0.225 e. The van der Waals surface area contributed by atoms with Crippen molar-refractivity contribution in [3.8, 4) is 5.75 Å². The quantitative estimate of drug-likeness (QED) is 0.636. The van der Waals surface area contributed by atoms with Gasteiger partial charge in [0.15, 0.2) is 0 Å². The molecule has 1 fully saturated rings. The summed E-state index contributed by atoms with van der Waals surface area (Å²) < 4.78 is 5.31. The number of methoxy groups -OCH3 is 1. The Bertz CT molecular complexity index is 952. The number of carbonyl (C=O) groups excluding carboxylic acids is 1. The highest BCUT2D eigenvalue weighted by Crippen LogP contribution is 2.38. The molecule has 2 aromatic carbocycles. The third-order valence-corrected chi connectivity index (χ3v) is 6.24. The Kier molecular flexibility index (Phi) is 5.12. The van der Waals surface area contributed by atoms with E-state index in [1.807, 2.05) is 18.2 Å². The van der Waals surface area contributed by atoms with Crippen LogP contribution in [-0.2, 0) is 4.79 Å². The lowest BCUT2D eigenvalue weighted by Gasteiger charge is -2.25. The van der Waals surface area contributed by atoms with Crippen molar-refractivity contribution in [1.29, 1.82) is 0 Å². The lowest BCUT2D eigenvalue weighted by atomic mass is 9.86. The highest BCUT2D eigenvalue weighted by Gasteiger charge is 2.36. The summed E-state index contributed by atoms with van der Waals surface area (Å²) in [5.74, 6) is 1.10. The molecule has 0 aliphatic heterocycles. The average molecular weight is 376 g/mol. The number of hydrogen-bond donors (Lipinski definition) is 2. The van der Waals surface area contributed by atoms with Crippen LogP contribution in [0.2, 0.25) is 0 Å². The zero-order valence-corrected chi connectivity index (χ0v) is 16.6. The van der Waals surface area contributed by atoms with Crippen LogP contribution in [0.5, 0.6) is 5.75 Å². The Morgan fingerprint density at radius 2 is 1.86 bits per heavy atom. The molecule has 4 nitrogen and oxygen atoms in total. The number of amides is 1. The monoisotopic (exact) mass is 376 g/mol. The molecule has 1 saturated carbocycles. The van der Waals surface area contributed by atoms with Gasteiger partial charge in [-0.25, -0.2) is 0 Å². The van der Waals surface area contributed by atoms with Crippen LogP contribution in [0.15, 0.2) is 54.7 Å². The molecular weight excluding hydrogens is 348 g/mol. The van der Waals surface area contributed by atoms with E-state index in [0.29, 0.717) is 6.54 Å². The molecule has 1 aromatic heterocycles. The van der Waals surface area contributed by atoms with Crippen LogP contribution < -0.4 is 10.1 Å². The van der Waals surface area contributed by atoms with Crippen LogP contribution in [0.3, 0.4) is 0 Å². The third-order valence-electron chi connectivity index (χ3n) is 6.24. The molecule has 1 amide bonds. The third kappa shape index (κ3) is 3.51. The molecule has 0 bridgehead atoms. The van der Waals surface area contributed by atoms with E-state index in [2.05, 4.69) is 53.8 Å². The Hall–Kier alpha value is -2.75. The van der Waals surface area contributed by atoms with E-state index in [1.54, 1.807) is 7.11 Å². The van der Waals surface area contributed by atoms with E-state index in [9.17, 15) is 4.79 Å². The maximum absolute atomic E-state index is 12.9. The number of hydrogen-bond acceptors (Lipinski definition) is 2. The lowest BCUT2D eigenvalue weighted by molar-refractivity contribution is -0.129. The van der Waals surface area contributed by atoms with Gasteiger partial charge in [0.25, 0.3) is 0 Å². The second kappa shape index (κ2) is 7.70. The lowest BCUT2D eigenvalue weighted by Crippen LogP contribution is -2.39. The molecule has 4 rings (SSSR count). The van der Waals surface area contributed by atoms with Crippen molar-refractivity contribution in [3.05, 3.63) is 65.9 Å². The van der Waals surface area contributed by atoms with Crippen LogP contribution in [-0.4, -0.2) is 24.5 Å². The number of ether oxygens (including phenoxy) is 1. The number of benzene rings is 2. The SMILES string of the molecule is COc1ccc(C(CNC(=O)C2(C)CCCC2)c2c[nH]c3ccccc23)cc1. The molecule has 1 unspecified atom stereocenters. The standard InChI is InChI=1S/C24H28N2O2/c1-24(13-5-6-14-24)23(27)26-15-20(17-9-11-18(28-2)12-10-17)21-16-25-22-8-4-3-7-19(21)22/h3-4,7-12,16,20,25H,5-6,13-15H2,1-2H3,(H,26,27). The Morgan fingerprint density at radius 3 is 2.57 bits per heavy atom. The Balaban J connectivity index is 1.64. The number of rotatable bonds is 6. The van der Waals surface area contributed by atoms with Crippen LogP contribution in [0.25, 0.3) is 10.9 Å². The topological polar surface area (TPSA) is 54.1 Å². The van der Waals surface area contributed by atoms with Gasteiger partial charge in [-0.05, 0) is 42.2 Å². The fourth-order valence-corrected chi connectivity index (χ4v) is 4.42. The number of aromatic amines is 1. The number of aromatic nitrogens is 1. The van der Waals surface area contributed by atoms with Crippen LogP contribution >= 0.6 is 0 Å². The molecular formula is C24H28N2O2. The molecule has 4 heteroatoms. The van der Waals surface area contributed by atoms with Crippen molar-refractivity contribution in [2.24, 2.45) is 5.41 Å². The molecule has 1 aliphatic carbocycles. The molecule has 146 valence electrons. The van der Waals surface area contributed by atoms with Gasteiger partial charge < -0.3 is 15.0 Å². The molecule has 3 aromatic rings. The number of nitrogens with one attached hydrogen (secondary N) is 2. The van der Waals surface area contributed by atoms with Gasteiger partial charge in [0.05, 0.1) is 7.11 Å². The highest BCUT2D eigenvalue weighted by atomic mass is 16.5. The molecule has 2 N–H and O–H groups in total. The maximum atomic E-state index is 12.9. The molecule has 1 aliphatic rings. The molecule has 1 heterocycles. The van der Waals surface area contributed by atoms with Gasteiger partial charge in [0.2, 0.25) is 5.91 Å². The molecule has 0 spiro atoms. The Morgan fingerprint density at radius 1 is 1.14 bits per heavy atom. The summed E-state index contributed by atoms with van der Waals surface area (Å²) in [6.07, 6.45) is 6.34. The van der Waals surface area contributed by atoms with E-state index in [4.69, 9.17) is 4.74 Å². The molecule has 28 heavy (non-hydrogen) atoms. The first-order valence-electron chi connectivity index (χ1n) is 10.1. The van der Waals surface area contributed by atoms with E-state index in [1.165, 1.54) is 16.5 Å². The van der Waals surface area contributed by atoms with Crippen LogP contribution in [0.4, 0.5) is 0 Å². The number of fused-ring (bicyclic) bond motifs is 1. The predicted octanol–water partition coefficient (Wildman–Crippen LogP) is 5.00. The summed E-state index contributed by atoms with van der Waals surface area (Å²) in [6, 6.07) is 16.5. The number of H-pyrrole nitrogens is 1. The fourth-order valence-electron chi connectivity index (χ4n) is 4.42. The summed E-state index contributed by atoms with van der Waals surface area (Å²) in [5.41, 5.74) is 3.27. The van der Waals surface area contributed by atoms with Gasteiger partial charge in [-0.3, -0.25) is 4.79 Å². The first-order chi connectivity index (χ1) is 13.6. The van der Waals surface area contributed by atoms with Gasteiger partial charge in [-0.2, -0.15) is 0 Å². The van der Waals surface area contributed by atoms with Crippen molar-refractivity contribution in [3.63, 3.8) is 0 Å². The summed E-state index contributed by atoms with van der Waals surface area (Å²) in [5, 5.41) is 4.46. The minimum absolute atomic E-state index is 0.0796. The van der Waals surface area contributed by atoms with Crippen molar-refractivity contribution in [2.45, 2.75) is 38.5 Å². The van der Waals surface area contributed by atoms with Crippen molar-refractivity contribution >= 4 is 16.8 Å².